The van der Waals surface area contributed by atoms with Gasteiger partial charge in [-0.3, -0.25) is 4.79 Å². The van der Waals surface area contributed by atoms with Crippen LogP contribution < -0.4 is 0 Å². The summed E-state index contributed by atoms with van der Waals surface area (Å²) < 4.78 is 1.08. The van der Waals surface area contributed by atoms with E-state index in [2.05, 4.69) is 4.98 Å². The Morgan fingerprint density at radius 2 is 2.23 bits per heavy atom. The predicted molar refractivity (Wildman–Crippen MR) is 54.2 cm³/mol. The van der Waals surface area contributed by atoms with Crippen molar-refractivity contribution in [1.29, 1.82) is 0 Å². The van der Waals surface area contributed by atoms with Crippen molar-refractivity contribution in [1.82, 2.24) is 4.98 Å². The highest BCUT2D eigenvalue weighted by Gasteiger charge is 2.08. The molecule has 0 amide bonds. The Bertz CT molecular complexity index is 414. The van der Waals surface area contributed by atoms with E-state index in [4.69, 9.17) is 0 Å². The lowest BCUT2D eigenvalue weighted by molar-refractivity contribution is 0.0988. The van der Waals surface area contributed by atoms with Crippen LogP contribution in [0.3, 0.4) is 0 Å². The Balaban J connectivity index is 2.56. The minimum atomic E-state index is 0.126. The van der Waals surface area contributed by atoms with Crippen molar-refractivity contribution in [2.75, 3.05) is 0 Å². The maximum absolute atomic E-state index is 11.3. The summed E-state index contributed by atoms with van der Waals surface area (Å²) in [7, 11) is 0. The van der Waals surface area contributed by atoms with Gasteiger partial charge >= 0.3 is 0 Å². The second-order valence-electron chi connectivity index (χ2n) is 2.76. The summed E-state index contributed by atoms with van der Waals surface area (Å²) in [5.41, 5.74) is 0.921. The van der Waals surface area contributed by atoms with Crippen LogP contribution in [0.15, 0.2) is 24.3 Å². The van der Waals surface area contributed by atoms with Crippen LogP contribution in [-0.2, 0) is 0 Å². The van der Waals surface area contributed by atoms with Crippen molar-refractivity contribution in [3.63, 3.8) is 0 Å². The van der Waals surface area contributed by atoms with Gasteiger partial charge in [-0.2, -0.15) is 0 Å². The van der Waals surface area contributed by atoms with Crippen molar-refractivity contribution in [3.05, 3.63) is 29.3 Å². The maximum atomic E-state index is 11.3. The number of benzene rings is 1. The molecule has 0 saturated carbocycles. The summed E-state index contributed by atoms with van der Waals surface area (Å²) in [6.45, 7) is 1.86. The van der Waals surface area contributed by atoms with Crippen LogP contribution in [0.25, 0.3) is 10.2 Å². The summed E-state index contributed by atoms with van der Waals surface area (Å²) in [5, 5.41) is 0.628. The highest BCUT2D eigenvalue weighted by Crippen LogP contribution is 2.22. The summed E-state index contributed by atoms with van der Waals surface area (Å²) in [6, 6.07) is 7.81. The second-order valence-corrected chi connectivity index (χ2v) is 3.79. The van der Waals surface area contributed by atoms with Crippen molar-refractivity contribution >= 4 is 27.3 Å². The smallest absolute Gasteiger partial charge is 0.191 e. The minimum absolute atomic E-state index is 0.126. The number of carbonyl (C=O) groups is 1. The van der Waals surface area contributed by atoms with E-state index in [1.807, 2.05) is 31.2 Å². The van der Waals surface area contributed by atoms with E-state index in [1.54, 1.807) is 0 Å². The van der Waals surface area contributed by atoms with Gasteiger partial charge in [0.25, 0.3) is 0 Å². The fourth-order valence-electron chi connectivity index (χ4n) is 1.14. The molecule has 1 heterocycles. The molecule has 2 rings (SSSR count). The third-order valence-corrected chi connectivity index (χ3v) is 2.93. The number of thiazole rings is 1. The highest BCUT2D eigenvalue weighted by atomic mass is 32.1. The number of carbonyl (C=O) groups excluding carboxylic acids is 1. The topological polar surface area (TPSA) is 30.0 Å². The lowest BCUT2D eigenvalue weighted by Gasteiger charge is -1.85. The van der Waals surface area contributed by atoms with Gasteiger partial charge in [-0.05, 0) is 12.1 Å². The lowest BCUT2D eigenvalue weighted by Crippen LogP contribution is -1.93. The molecule has 0 atom stereocenters. The third kappa shape index (κ3) is 1.47. The molecule has 0 aliphatic heterocycles. The van der Waals surface area contributed by atoms with Crippen molar-refractivity contribution in [3.8, 4) is 0 Å². The molecule has 3 heteroatoms. The molecule has 66 valence electrons. The van der Waals surface area contributed by atoms with Gasteiger partial charge in [0.2, 0.25) is 0 Å². The zero-order valence-corrected chi connectivity index (χ0v) is 8.10. The minimum Gasteiger partial charge on any atom is -0.292 e. The Kier molecular flexibility index (Phi) is 2.10. The first-order valence-corrected chi connectivity index (χ1v) is 5.01. The largest absolute Gasteiger partial charge is 0.292 e. The summed E-state index contributed by atoms with van der Waals surface area (Å²) in [5.74, 6) is 0.126. The third-order valence-electron chi connectivity index (χ3n) is 1.85. The summed E-state index contributed by atoms with van der Waals surface area (Å²) in [6.07, 6.45) is 0.528. The SMILES string of the molecule is CCC(=O)c1nc2ccccc2s1. The van der Waals surface area contributed by atoms with Gasteiger partial charge < -0.3 is 0 Å². The molecular weight excluding hydrogens is 182 g/mol. The monoisotopic (exact) mass is 191 g/mol. The number of para-hydroxylation sites is 1. The first-order chi connectivity index (χ1) is 6.31. The van der Waals surface area contributed by atoms with Crippen LogP contribution in [0.5, 0.6) is 0 Å². The molecule has 1 aromatic carbocycles. The molecule has 2 nitrogen and oxygen atoms in total. The number of rotatable bonds is 2. The molecule has 0 saturated heterocycles. The maximum Gasteiger partial charge on any atom is 0.191 e. The quantitative estimate of drug-likeness (QED) is 0.683. The van der Waals surface area contributed by atoms with Crippen molar-refractivity contribution < 1.29 is 4.79 Å². The van der Waals surface area contributed by atoms with Crippen LogP contribution >= 0.6 is 11.3 Å². The molecule has 0 bridgehead atoms. The number of fused-ring (bicyclic) bond motifs is 1. The molecule has 0 N–H and O–H groups in total. The van der Waals surface area contributed by atoms with Crippen LogP contribution in [0, 0.1) is 0 Å². The molecule has 0 unspecified atom stereocenters. The molecule has 0 fully saturated rings. The van der Waals surface area contributed by atoms with E-state index in [9.17, 15) is 4.79 Å². The van der Waals surface area contributed by atoms with E-state index in [0.717, 1.165) is 10.2 Å². The number of nitrogens with zero attached hydrogens (tertiary/aromatic N) is 1. The lowest BCUT2D eigenvalue weighted by atomic mass is 10.3. The number of Topliss-reactive ketones (excluding diaryl/α,β-unsaturated/α-hetero) is 1. The summed E-state index contributed by atoms with van der Waals surface area (Å²) >= 11 is 1.47. The van der Waals surface area contributed by atoms with Gasteiger partial charge in [0, 0.05) is 6.42 Å². The average molecular weight is 191 g/mol. The molecule has 0 radical (unpaired) electrons. The van der Waals surface area contributed by atoms with E-state index >= 15 is 0 Å². The standard InChI is InChI=1S/C10H9NOS/c1-2-8(12)10-11-7-5-3-4-6-9(7)13-10/h3-6H,2H2,1H3. The van der Waals surface area contributed by atoms with Crippen molar-refractivity contribution in [2.45, 2.75) is 13.3 Å². The Labute approximate surface area is 80.2 Å². The fraction of sp³-hybridized carbons (Fsp3) is 0.200. The normalized spacial score (nSPS) is 10.5. The molecule has 1 aromatic heterocycles. The second kappa shape index (κ2) is 3.26. The zero-order chi connectivity index (χ0) is 9.26. The van der Waals surface area contributed by atoms with E-state index in [1.165, 1.54) is 11.3 Å². The molecule has 0 aliphatic carbocycles. The van der Waals surface area contributed by atoms with E-state index in [0.29, 0.717) is 11.4 Å². The highest BCUT2D eigenvalue weighted by molar-refractivity contribution is 7.20. The molecule has 13 heavy (non-hydrogen) atoms. The van der Waals surface area contributed by atoms with Crippen LogP contribution in [-0.4, -0.2) is 10.8 Å². The van der Waals surface area contributed by atoms with Crippen LogP contribution in [0.2, 0.25) is 0 Å². The molecule has 0 spiro atoms. The fourth-order valence-corrected chi connectivity index (χ4v) is 2.12. The first-order valence-electron chi connectivity index (χ1n) is 4.20. The van der Waals surface area contributed by atoms with Gasteiger partial charge in [-0.1, -0.05) is 19.1 Å². The van der Waals surface area contributed by atoms with Gasteiger partial charge in [0.15, 0.2) is 10.8 Å². The average Bonchev–Trinajstić information content (AvgIpc) is 2.59. The molecule has 2 aromatic rings. The van der Waals surface area contributed by atoms with Gasteiger partial charge in [0.05, 0.1) is 10.2 Å². The van der Waals surface area contributed by atoms with Crippen molar-refractivity contribution in [2.24, 2.45) is 0 Å². The first kappa shape index (κ1) is 8.38. The van der Waals surface area contributed by atoms with Crippen LogP contribution in [0.1, 0.15) is 23.1 Å². The number of hydrogen-bond acceptors (Lipinski definition) is 3. The predicted octanol–water partition coefficient (Wildman–Crippen LogP) is 2.89. The molecule has 0 aliphatic rings. The number of aromatic nitrogens is 1. The van der Waals surface area contributed by atoms with Gasteiger partial charge in [0.1, 0.15) is 0 Å². The van der Waals surface area contributed by atoms with E-state index < -0.39 is 0 Å². The van der Waals surface area contributed by atoms with Gasteiger partial charge in [-0.25, -0.2) is 4.98 Å². The number of ketones is 1. The van der Waals surface area contributed by atoms with E-state index in [-0.39, 0.29) is 5.78 Å². The zero-order valence-electron chi connectivity index (χ0n) is 7.28. The Hall–Kier alpha value is -1.22. The van der Waals surface area contributed by atoms with Gasteiger partial charge in [-0.15, -0.1) is 11.3 Å². The number of hydrogen-bond donors (Lipinski definition) is 0. The van der Waals surface area contributed by atoms with Crippen LogP contribution in [0.4, 0.5) is 0 Å². The Morgan fingerprint density at radius 1 is 1.46 bits per heavy atom. The Morgan fingerprint density at radius 3 is 2.92 bits per heavy atom. The summed E-state index contributed by atoms with van der Waals surface area (Å²) in [4.78, 5) is 15.6. The molecular formula is C10H9NOS.